The monoisotopic (exact) mass is 255 g/mol. The first-order valence-electron chi connectivity index (χ1n) is 6.49. The quantitative estimate of drug-likeness (QED) is 0.767. The molecule has 1 aliphatic heterocycles. The Balaban J connectivity index is 1.59. The molecule has 3 nitrogen and oxygen atoms in total. The van der Waals surface area contributed by atoms with Crippen molar-refractivity contribution in [2.24, 2.45) is 0 Å². The first-order valence-corrected chi connectivity index (χ1v) is 6.49. The van der Waals surface area contributed by atoms with Crippen molar-refractivity contribution in [2.75, 3.05) is 13.7 Å². The Morgan fingerprint density at radius 3 is 2.58 bits per heavy atom. The summed E-state index contributed by atoms with van der Waals surface area (Å²) in [5.41, 5.74) is 2.43. The van der Waals surface area contributed by atoms with Gasteiger partial charge in [0.15, 0.2) is 6.23 Å². The van der Waals surface area contributed by atoms with E-state index in [1.54, 1.807) is 7.11 Å². The molecular weight excluding hydrogens is 238 g/mol. The van der Waals surface area contributed by atoms with Gasteiger partial charge in [0, 0.05) is 12.1 Å². The summed E-state index contributed by atoms with van der Waals surface area (Å²) >= 11 is 0. The number of para-hydroxylation sites is 1. The number of benzene rings is 2. The molecule has 2 aromatic rings. The highest BCUT2D eigenvalue weighted by Gasteiger charge is 2.39. The van der Waals surface area contributed by atoms with Crippen LogP contribution in [0.25, 0.3) is 0 Å². The highest BCUT2D eigenvalue weighted by atomic mass is 16.8. The summed E-state index contributed by atoms with van der Waals surface area (Å²) < 4.78 is 5.35. The SMILES string of the molecule is COc1ccccc1C1ON1CCc1ccccc1. The zero-order chi connectivity index (χ0) is 13.1. The molecule has 0 aromatic heterocycles. The standard InChI is InChI=1S/C16H17NO2/c1-18-15-10-6-5-9-14(15)16-17(19-16)12-11-13-7-3-2-4-8-13/h2-10,16H,11-12H2,1H3. The summed E-state index contributed by atoms with van der Waals surface area (Å²) in [6.45, 7) is 0.896. The number of nitrogens with zero attached hydrogens (tertiary/aromatic N) is 1. The molecule has 1 heterocycles. The average Bonchev–Trinajstić information content (AvgIpc) is 3.25. The van der Waals surface area contributed by atoms with E-state index in [1.807, 2.05) is 35.4 Å². The normalized spacial score (nSPS) is 21.1. The van der Waals surface area contributed by atoms with Crippen LogP contribution in [0.5, 0.6) is 5.75 Å². The van der Waals surface area contributed by atoms with Gasteiger partial charge in [-0.2, -0.15) is 5.06 Å². The van der Waals surface area contributed by atoms with Crippen molar-refractivity contribution < 1.29 is 9.57 Å². The van der Waals surface area contributed by atoms with E-state index in [2.05, 4.69) is 24.3 Å². The third-order valence-electron chi connectivity index (χ3n) is 3.32. The smallest absolute Gasteiger partial charge is 0.183 e. The first-order chi connectivity index (χ1) is 9.38. The molecule has 0 amide bonds. The van der Waals surface area contributed by atoms with E-state index in [1.165, 1.54) is 5.56 Å². The fraction of sp³-hybridized carbons (Fsp3) is 0.250. The molecular formula is C16H17NO2. The first kappa shape index (κ1) is 12.2. The van der Waals surface area contributed by atoms with E-state index in [4.69, 9.17) is 9.57 Å². The van der Waals surface area contributed by atoms with Gasteiger partial charge in [-0.05, 0) is 18.1 Å². The summed E-state index contributed by atoms with van der Waals surface area (Å²) in [6.07, 6.45) is 1.03. The molecule has 2 unspecified atom stereocenters. The number of hydrogen-bond acceptors (Lipinski definition) is 3. The molecule has 0 spiro atoms. The van der Waals surface area contributed by atoms with Crippen molar-refractivity contribution in [3.8, 4) is 5.75 Å². The predicted octanol–water partition coefficient (Wildman–Crippen LogP) is 3.18. The van der Waals surface area contributed by atoms with Gasteiger partial charge in [0.2, 0.25) is 0 Å². The molecule has 0 saturated carbocycles. The van der Waals surface area contributed by atoms with E-state index >= 15 is 0 Å². The second-order valence-electron chi connectivity index (χ2n) is 4.58. The van der Waals surface area contributed by atoms with Crippen LogP contribution < -0.4 is 4.74 Å². The predicted molar refractivity (Wildman–Crippen MR) is 73.7 cm³/mol. The Labute approximate surface area is 113 Å². The van der Waals surface area contributed by atoms with Gasteiger partial charge in [-0.3, -0.25) is 4.84 Å². The van der Waals surface area contributed by atoms with Gasteiger partial charge >= 0.3 is 0 Å². The molecule has 98 valence electrons. The number of ether oxygens (including phenoxy) is 1. The molecule has 0 radical (unpaired) electrons. The van der Waals surface area contributed by atoms with Crippen LogP contribution in [-0.4, -0.2) is 18.7 Å². The van der Waals surface area contributed by atoms with Gasteiger partial charge in [-0.15, -0.1) is 0 Å². The highest BCUT2D eigenvalue weighted by molar-refractivity contribution is 5.35. The summed E-state index contributed by atoms with van der Waals surface area (Å²) in [5, 5.41) is 1.99. The molecule has 1 saturated heterocycles. The van der Waals surface area contributed by atoms with Crippen LogP contribution in [-0.2, 0) is 11.3 Å². The van der Waals surface area contributed by atoms with E-state index in [0.29, 0.717) is 0 Å². The maximum atomic E-state index is 5.62. The Bertz CT molecular complexity index is 541. The number of hydrogen-bond donors (Lipinski definition) is 0. The van der Waals surface area contributed by atoms with E-state index in [9.17, 15) is 0 Å². The number of rotatable bonds is 5. The zero-order valence-corrected chi connectivity index (χ0v) is 11.0. The topological polar surface area (TPSA) is 24.8 Å². The fourth-order valence-corrected chi connectivity index (χ4v) is 2.24. The van der Waals surface area contributed by atoms with Crippen LogP contribution in [0.2, 0.25) is 0 Å². The van der Waals surface area contributed by atoms with Crippen molar-refractivity contribution in [1.29, 1.82) is 0 Å². The maximum Gasteiger partial charge on any atom is 0.183 e. The van der Waals surface area contributed by atoms with Gasteiger partial charge < -0.3 is 4.74 Å². The minimum atomic E-state index is 0.0415. The molecule has 19 heavy (non-hydrogen) atoms. The van der Waals surface area contributed by atoms with Crippen LogP contribution in [0, 0.1) is 0 Å². The Kier molecular flexibility index (Phi) is 3.49. The van der Waals surface area contributed by atoms with Crippen molar-refractivity contribution >= 4 is 0 Å². The lowest BCUT2D eigenvalue weighted by Gasteiger charge is -2.05. The lowest BCUT2D eigenvalue weighted by molar-refractivity contribution is 0.200. The summed E-state index contributed by atoms with van der Waals surface area (Å²) in [6, 6.07) is 18.4. The Hall–Kier alpha value is -1.84. The number of methoxy groups -OCH3 is 1. The maximum absolute atomic E-state index is 5.62. The second-order valence-corrected chi connectivity index (χ2v) is 4.58. The lowest BCUT2D eigenvalue weighted by Crippen LogP contribution is -2.04. The summed E-state index contributed by atoms with van der Waals surface area (Å²) in [7, 11) is 1.69. The average molecular weight is 255 g/mol. The molecule has 3 heteroatoms. The van der Waals surface area contributed by atoms with Gasteiger partial charge in [0.25, 0.3) is 0 Å². The van der Waals surface area contributed by atoms with E-state index < -0.39 is 0 Å². The van der Waals surface area contributed by atoms with Crippen molar-refractivity contribution in [1.82, 2.24) is 5.06 Å². The Morgan fingerprint density at radius 2 is 1.79 bits per heavy atom. The van der Waals surface area contributed by atoms with Gasteiger partial charge in [-0.25, -0.2) is 0 Å². The summed E-state index contributed by atoms with van der Waals surface area (Å²) in [4.78, 5) is 5.62. The molecule has 2 atom stereocenters. The third kappa shape index (κ3) is 2.78. The van der Waals surface area contributed by atoms with Gasteiger partial charge in [-0.1, -0.05) is 48.5 Å². The van der Waals surface area contributed by atoms with Gasteiger partial charge in [0.05, 0.1) is 7.11 Å². The lowest BCUT2D eigenvalue weighted by atomic mass is 10.1. The van der Waals surface area contributed by atoms with Crippen LogP contribution >= 0.6 is 0 Å². The van der Waals surface area contributed by atoms with Crippen LogP contribution in [0.3, 0.4) is 0 Å². The summed E-state index contributed by atoms with van der Waals surface area (Å²) in [5.74, 6) is 0.884. The highest BCUT2D eigenvalue weighted by Crippen LogP contribution is 2.41. The molecule has 3 rings (SSSR count). The molecule has 0 bridgehead atoms. The zero-order valence-electron chi connectivity index (χ0n) is 11.0. The van der Waals surface area contributed by atoms with Crippen molar-refractivity contribution in [3.63, 3.8) is 0 Å². The molecule has 1 fully saturated rings. The molecule has 0 N–H and O–H groups in total. The second kappa shape index (κ2) is 5.43. The van der Waals surface area contributed by atoms with Crippen LogP contribution in [0.1, 0.15) is 17.4 Å². The third-order valence-corrected chi connectivity index (χ3v) is 3.32. The molecule has 0 aliphatic carbocycles. The molecule has 1 aliphatic rings. The van der Waals surface area contributed by atoms with Crippen molar-refractivity contribution in [2.45, 2.75) is 12.6 Å². The van der Waals surface area contributed by atoms with Crippen LogP contribution in [0.15, 0.2) is 54.6 Å². The molecule has 2 aromatic carbocycles. The minimum absolute atomic E-state index is 0.0415. The fourth-order valence-electron chi connectivity index (χ4n) is 2.24. The van der Waals surface area contributed by atoms with Gasteiger partial charge in [0.1, 0.15) is 5.75 Å². The van der Waals surface area contributed by atoms with Crippen molar-refractivity contribution in [3.05, 3.63) is 65.7 Å². The minimum Gasteiger partial charge on any atom is -0.496 e. The Morgan fingerprint density at radius 1 is 1.05 bits per heavy atom. The number of hydroxylamine groups is 2. The van der Waals surface area contributed by atoms with E-state index in [0.717, 1.165) is 24.3 Å². The van der Waals surface area contributed by atoms with Crippen LogP contribution in [0.4, 0.5) is 0 Å². The van der Waals surface area contributed by atoms with E-state index in [-0.39, 0.29) is 6.23 Å². The largest absolute Gasteiger partial charge is 0.496 e.